The molecule has 0 aliphatic carbocycles. The first-order valence-electron chi connectivity index (χ1n) is 6.23. The van der Waals surface area contributed by atoms with Gasteiger partial charge < -0.3 is 4.74 Å². The molecule has 0 saturated carbocycles. The lowest BCUT2D eigenvalue weighted by molar-refractivity contribution is 0.155. The van der Waals surface area contributed by atoms with Crippen LogP contribution in [0.15, 0.2) is 54.7 Å². The Morgan fingerprint density at radius 3 is 2.85 bits per heavy atom. The number of anilines is 1. The Morgan fingerprint density at radius 2 is 2.00 bits per heavy atom. The summed E-state index contributed by atoms with van der Waals surface area (Å²) < 4.78 is 5.17. The molecular formula is C15H13N3O2. The van der Waals surface area contributed by atoms with Crippen LogP contribution < -0.4 is 5.32 Å². The van der Waals surface area contributed by atoms with E-state index in [4.69, 9.17) is 4.74 Å². The van der Waals surface area contributed by atoms with Gasteiger partial charge >= 0.3 is 6.09 Å². The fourth-order valence-electron chi connectivity index (χ4n) is 1.94. The van der Waals surface area contributed by atoms with E-state index in [1.807, 2.05) is 42.5 Å². The van der Waals surface area contributed by atoms with Gasteiger partial charge in [-0.3, -0.25) is 10.4 Å². The Hall–Kier alpha value is -2.82. The van der Waals surface area contributed by atoms with Gasteiger partial charge in [0.05, 0.1) is 17.4 Å². The molecule has 5 nitrogen and oxygen atoms in total. The van der Waals surface area contributed by atoms with Crippen LogP contribution >= 0.6 is 0 Å². The van der Waals surface area contributed by atoms with Gasteiger partial charge in [0.1, 0.15) is 6.61 Å². The maximum atomic E-state index is 11.8. The molecule has 1 aromatic heterocycles. The molecule has 0 spiro atoms. The zero-order valence-electron chi connectivity index (χ0n) is 10.7. The number of fused-ring (bicyclic) bond motifs is 1. The minimum absolute atomic E-state index is 0.242. The number of para-hydroxylation sites is 1. The van der Waals surface area contributed by atoms with E-state index >= 15 is 0 Å². The van der Waals surface area contributed by atoms with Crippen molar-refractivity contribution in [3.63, 3.8) is 0 Å². The van der Waals surface area contributed by atoms with Crippen LogP contribution in [0.1, 0.15) is 5.56 Å². The number of amides is 1. The first-order chi connectivity index (χ1) is 9.83. The van der Waals surface area contributed by atoms with E-state index in [1.54, 1.807) is 12.3 Å². The fourth-order valence-corrected chi connectivity index (χ4v) is 1.94. The second-order valence-electron chi connectivity index (χ2n) is 4.33. The first-order valence-corrected chi connectivity index (χ1v) is 6.23. The molecule has 0 radical (unpaired) electrons. The molecule has 5 heteroatoms. The molecule has 1 amide bonds. The molecule has 0 unspecified atom stereocenters. The fraction of sp³-hybridized carbons (Fsp3) is 0.0667. The number of ether oxygens (including phenoxy) is 1. The topological polar surface area (TPSA) is 67.0 Å². The molecule has 2 N–H and O–H groups in total. The standard InChI is InChI=1S/C15H13N3O2/c19-15(20-10-11-5-2-1-3-6-11)17-13-8-4-7-12-9-16-18-14(12)13/h1-9H,10H2,(H,16,18)(H,17,19). The summed E-state index contributed by atoms with van der Waals surface area (Å²) in [5, 5.41) is 10.4. The molecule has 0 bridgehead atoms. The van der Waals surface area contributed by atoms with E-state index in [9.17, 15) is 4.79 Å². The lowest BCUT2D eigenvalue weighted by Gasteiger charge is -2.07. The molecule has 100 valence electrons. The van der Waals surface area contributed by atoms with E-state index in [0.29, 0.717) is 5.69 Å². The molecule has 0 aliphatic heterocycles. The van der Waals surface area contributed by atoms with E-state index in [0.717, 1.165) is 16.5 Å². The van der Waals surface area contributed by atoms with Crippen molar-refractivity contribution < 1.29 is 9.53 Å². The Labute approximate surface area is 115 Å². The Balaban J connectivity index is 1.66. The van der Waals surface area contributed by atoms with Gasteiger partial charge in [-0.25, -0.2) is 4.79 Å². The van der Waals surface area contributed by atoms with Crippen molar-refractivity contribution in [2.75, 3.05) is 5.32 Å². The number of nitrogens with zero attached hydrogens (tertiary/aromatic N) is 1. The van der Waals surface area contributed by atoms with E-state index in [2.05, 4.69) is 15.5 Å². The molecule has 3 rings (SSSR count). The summed E-state index contributed by atoms with van der Waals surface area (Å²) in [6, 6.07) is 15.1. The molecular weight excluding hydrogens is 254 g/mol. The van der Waals surface area contributed by atoms with Crippen molar-refractivity contribution in [2.45, 2.75) is 6.61 Å². The number of hydrogen-bond acceptors (Lipinski definition) is 3. The van der Waals surface area contributed by atoms with Crippen molar-refractivity contribution in [2.24, 2.45) is 0 Å². The van der Waals surface area contributed by atoms with Crippen LogP contribution in [0.2, 0.25) is 0 Å². The lowest BCUT2D eigenvalue weighted by atomic mass is 10.2. The average Bonchev–Trinajstić information content (AvgIpc) is 2.96. The van der Waals surface area contributed by atoms with Crippen molar-refractivity contribution >= 4 is 22.7 Å². The van der Waals surface area contributed by atoms with Crippen LogP contribution in [0.5, 0.6) is 0 Å². The van der Waals surface area contributed by atoms with Crippen molar-refractivity contribution in [1.82, 2.24) is 10.2 Å². The van der Waals surface area contributed by atoms with Gasteiger partial charge in [0.15, 0.2) is 0 Å². The van der Waals surface area contributed by atoms with Crippen LogP contribution in [-0.2, 0) is 11.3 Å². The van der Waals surface area contributed by atoms with Crippen LogP contribution in [0.4, 0.5) is 10.5 Å². The van der Waals surface area contributed by atoms with Crippen LogP contribution in [0.3, 0.4) is 0 Å². The number of carbonyl (C=O) groups excluding carboxylic acids is 1. The summed E-state index contributed by atoms with van der Waals surface area (Å²) in [5.74, 6) is 0. The second-order valence-corrected chi connectivity index (χ2v) is 4.33. The predicted octanol–water partition coefficient (Wildman–Crippen LogP) is 3.31. The van der Waals surface area contributed by atoms with Gasteiger partial charge in [-0.2, -0.15) is 5.10 Å². The summed E-state index contributed by atoms with van der Waals surface area (Å²) in [4.78, 5) is 11.8. The number of aromatic nitrogens is 2. The summed E-state index contributed by atoms with van der Waals surface area (Å²) in [6.45, 7) is 0.242. The highest BCUT2D eigenvalue weighted by atomic mass is 16.5. The number of carbonyl (C=O) groups is 1. The van der Waals surface area contributed by atoms with Crippen molar-refractivity contribution in [1.29, 1.82) is 0 Å². The number of H-pyrrole nitrogens is 1. The zero-order valence-corrected chi connectivity index (χ0v) is 10.7. The van der Waals surface area contributed by atoms with Gasteiger partial charge in [-0.15, -0.1) is 0 Å². The van der Waals surface area contributed by atoms with Crippen LogP contribution in [-0.4, -0.2) is 16.3 Å². The normalized spacial score (nSPS) is 10.4. The number of aromatic amines is 1. The minimum atomic E-state index is -0.490. The van der Waals surface area contributed by atoms with Crippen LogP contribution in [0.25, 0.3) is 10.9 Å². The van der Waals surface area contributed by atoms with Crippen LogP contribution in [0, 0.1) is 0 Å². The number of nitrogens with one attached hydrogen (secondary N) is 2. The van der Waals surface area contributed by atoms with Gasteiger partial charge in [0, 0.05) is 5.39 Å². The second kappa shape index (κ2) is 5.44. The third-order valence-electron chi connectivity index (χ3n) is 2.93. The van der Waals surface area contributed by atoms with E-state index in [-0.39, 0.29) is 6.61 Å². The molecule has 1 heterocycles. The Kier molecular flexibility index (Phi) is 3.33. The smallest absolute Gasteiger partial charge is 0.412 e. The van der Waals surface area contributed by atoms with Gasteiger partial charge in [-0.1, -0.05) is 42.5 Å². The van der Waals surface area contributed by atoms with E-state index in [1.165, 1.54) is 0 Å². The van der Waals surface area contributed by atoms with Gasteiger partial charge in [-0.05, 0) is 11.6 Å². The molecule has 0 saturated heterocycles. The Morgan fingerprint density at radius 1 is 1.15 bits per heavy atom. The molecule has 3 aromatic rings. The predicted molar refractivity (Wildman–Crippen MR) is 76.3 cm³/mol. The highest BCUT2D eigenvalue weighted by molar-refractivity contribution is 5.97. The monoisotopic (exact) mass is 267 g/mol. The SMILES string of the molecule is O=C(Nc1cccc2cn[nH]c12)OCc1ccccc1. The third kappa shape index (κ3) is 2.61. The molecule has 0 aliphatic rings. The van der Waals surface area contributed by atoms with Gasteiger partial charge in [0.25, 0.3) is 0 Å². The first kappa shape index (κ1) is 12.2. The molecule has 0 atom stereocenters. The lowest BCUT2D eigenvalue weighted by Crippen LogP contribution is -2.13. The quantitative estimate of drug-likeness (QED) is 0.765. The van der Waals surface area contributed by atoms with E-state index < -0.39 is 6.09 Å². The number of hydrogen-bond donors (Lipinski definition) is 2. The largest absolute Gasteiger partial charge is 0.444 e. The average molecular weight is 267 g/mol. The molecule has 20 heavy (non-hydrogen) atoms. The highest BCUT2D eigenvalue weighted by Gasteiger charge is 2.07. The Bertz CT molecular complexity index is 722. The third-order valence-corrected chi connectivity index (χ3v) is 2.93. The minimum Gasteiger partial charge on any atom is -0.444 e. The van der Waals surface area contributed by atoms with Gasteiger partial charge in [0.2, 0.25) is 0 Å². The molecule has 2 aromatic carbocycles. The summed E-state index contributed by atoms with van der Waals surface area (Å²) >= 11 is 0. The highest BCUT2D eigenvalue weighted by Crippen LogP contribution is 2.20. The molecule has 0 fully saturated rings. The number of benzene rings is 2. The number of rotatable bonds is 3. The zero-order chi connectivity index (χ0) is 13.8. The summed E-state index contributed by atoms with van der Waals surface area (Å²) in [7, 11) is 0. The maximum absolute atomic E-state index is 11.8. The summed E-state index contributed by atoms with van der Waals surface area (Å²) in [5.41, 5.74) is 2.38. The van der Waals surface area contributed by atoms with Crippen molar-refractivity contribution in [3.8, 4) is 0 Å². The summed E-state index contributed by atoms with van der Waals surface area (Å²) in [6.07, 6.45) is 1.21. The maximum Gasteiger partial charge on any atom is 0.412 e. The van der Waals surface area contributed by atoms with Crippen molar-refractivity contribution in [3.05, 3.63) is 60.3 Å².